The zero-order valence-corrected chi connectivity index (χ0v) is 24.0. The summed E-state index contributed by atoms with van der Waals surface area (Å²) in [6.07, 6.45) is 3.25. The molecule has 0 saturated carbocycles. The number of imidazole rings is 1. The van der Waals surface area contributed by atoms with Gasteiger partial charge in [0.25, 0.3) is 11.5 Å². The third-order valence-electron chi connectivity index (χ3n) is 7.51. The lowest BCUT2D eigenvalue weighted by Crippen LogP contribution is -2.29. The zero-order valence-electron chi connectivity index (χ0n) is 24.0. The average Bonchev–Trinajstić information content (AvgIpc) is 3.41. The summed E-state index contributed by atoms with van der Waals surface area (Å²) in [5.74, 6) is 0.759. The van der Waals surface area contributed by atoms with E-state index in [-0.39, 0.29) is 23.9 Å². The van der Waals surface area contributed by atoms with Gasteiger partial charge in [-0.15, -0.1) is 0 Å². The third kappa shape index (κ3) is 6.09. The molecule has 7 nitrogen and oxygen atoms in total. The number of fused-ring (bicyclic) bond motifs is 1. The van der Waals surface area contributed by atoms with Gasteiger partial charge in [0.1, 0.15) is 17.8 Å². The maximum atomic E-state index is 13.8. The molecule has 0 aliphatic rings. The molecule has 5 aromatic rings. The molecule has 41 heavy (non-hydrogen) atoms. The first-order chi connectivity index (χ1) is 19.9. The van der Waals surface area contributed by atoms with Crippen LogP contribution in [0.25, 0.3) is 16.6 Å². The van der Waals surface area contributed by atoms with Crippen LogP contribution in [0, 0.1) is 6.92 Å². The summed E-state index contributed by atoms with van der Waals surface area (Å²) >= 11 is 0. The Balaban J connectivity index is 1.50. The van der Waals surface area contributed by atoms with E-state index in [2.05, 4.69) is 30.2 Å². The lowest BCUT2D eigenvalue weighted by atomic mass is 10.00. The highest BCUT2D eigenvalue weighted by molar-refractivity contribution is 5.95. The molecule has 3 heterocycles. The van der Waals surface area contributed by atoms with Gasteiger partial charge in [0.2, 0.25) is 0 Å². The smallest absolute Gasteiger partial charge is 0.268 e. The lowest BCUT2D eigenvalue weighted by molar-refractivity contribution is 0.0944. The molecule has 0 radical (unpaired) electrons. The number of carbonyl (C=O) groups is 1. The number of nitrogens with zero attached hydrogens (tertiary/aromatic N) is 2. The van der Waals surface area contributed by atoms with Gasteiger partial charge >= 0.3 is 0 Å². The van der Waals surface area contributed by atoms with Crippen molar-refractivity contribution < 1.29 is 9.53 Å². The molecule has 1 amide bonds. The second-order valence-electron chi connectivity index (χ2n) is 10.4. The molecule has 2 aromatic carbocycles. The normalized spacial score (nSPS) is 11.9. The van der Waals surface area contributed by atoms with Crippen LogP contribution in [0.15, 0.2) is 83.9 Å². The molecule has 7 heteroatoms. The number of hydrogen-bond donors (Lipinski definition) is 2. The van der Waals surface area contributed by atoms with Gasteiger partial charge in [0, 0.05) is 23.7 Å². The Labute approximate surface area is 240 Å². The molecule has 3 aromatic heterocycles. The van der Waals surface area contributed by atoms with Crippen molar-refractivity contribution in [3.05, 3.63) is 123 Å². The van der Waals surface area contributed by atoms with Crippen LogP contribution >= 0.6 is 0 Å². The van der Waals surface area contributed by atoms with E-state index < -0.39 is 0 Å². The van der Waals surface area contributed by atoms with Crippen molar-refractivity contribution in [2.75, 3.05) is 6.61 Å². The van der Waals surface area contributed by atoms with E-state index in [1.54, 1.807) is 6.33 Å². The molecule has 0 fully saturated rings. The minimum Gasteiger partial charge on any atom is -0.494 e. The highest BCUT2D eigenvalue weighted by Gasteiger charge is 2.19. The van der Waals surface area contributed by atoms with Crippen LogP contribution in [0.3, 0.4) is 0 Å². The number of nitrogens with one attached hydrogen (secondary N) is 2. The summed E-state index contributed by atoms with van der Waals surface area (Å²) in [6.45, 7) is 8.81. The van der Waals surface area contributed by atoms with Gasteiger partial charge in [-0.05, 0) is 79.3 Å². The average molecular weight is 549 g/mol. The van der Waals surface area contributed by atoms with E-state index in [0.29, 0.717) is 24.3 Å². The van der Waals surface area contributed by atoms with Crippen LogP contribution in [0.2, 0.25) is 0 Å². The second-order valence-corrected chi connectivity index (χ2v) is 10.4. The number of benzene rings is 2. The van der Waals surface area contributed by atoms with Crippen molar-refractivity contribution in [2.45, 2.75) is 53.0 Å². The lowest BCUT2D eigenvalue weighted by Gasteiger charge is -2.14. The fraction of sp³-hybridized carbons (Fsp3) is 0.265. The number of carbonyl (C=O) groups excluding carboxylic acids is 1. The molecule has 0 aliphatic carbocycles. The number of aryl methyl sites for hydroxylation is 1. The van der Waals surface area contributed by atoms with Gasteiger partial charge in [-0.2, -0.15) is 0 Å². The van der Waals surface area contributed by atoms with Crippen molar-refractivity contribution in [1.29, 1.82) is 0 Å². The van der Waals surface area contributed by atoms with Crippen molar-refractivity contribution in [1.82, 2.24) is 19.7 Å². The third-order valence-corrected chi connectivity index (χ3v) is 7.51. The van der Waals surface area contributed by atoms with E-state index in [1.807, 2.05) is 85.0 Å². The van der Waals surface area contributed by atoms with E-state index in [4.69, 9.17) is 9.72 Å². The first-order valence-corrected chi connectivity index (χ1v) is 14.2. The molecule has 0 bridgehead atoms. The van der Waals surface area contributed by atoms with Gasteiger partial charge in [-0.3, -0.25) is 14.0 Å². The SMILES string of the molecule is CCOc1ccc(-c2cc(C(=O)NCc3c(Cc4ccccc4)cc(C)[nH]c3=O)n3cnc(C(C)CC)c3c2)cc1. The quantitative estimate of drug-likeness (QED) is 0.210. The molecular formula is C34H36N4O3. The number of hydrogen-bond acceptors (Lipinski definition) is 4. The summed E-state index contributed by atoms with van der Waals surface area (Å²) in [4.78, 5) is 34.3. The number of H-pyrrole nitrogens is 1. The van der Waals surface area contributed by atoms with E-state index >= 15 is 0 Å². The zero-order chi connectivity index (χ0) is 28.9. The van der Waals surface area contributed by atoms with Crippen molar-refractivity contribution in [3.8, 4) is 16.9 Å². The standard InChI is InChI=1S/C34H36N4O3/c1-5-22(3)32-30-18-26(25-12-14-28(15-13-25)41-6-2)19-31(38(30)21-36-32)34(40)35-20-29-27(16-23(4)37-33(29)39)17-24-10-8-7-9-11-24/h7-16,18-19,21-22H,5-6,17,20H2,1-4H3,(H,35,40)(H,37,39). The molecule has 0 saturated heterocycles. The fourth-order valence-corrected chi connectivity index (χ4v) is 5.15. The predicted octanol–water partition coefficient (Wildman–Crippen LogP) is 6.43. The van der Waals surface area contributed by atoms with Gasteiger partial charge in [0.05, 0.1) is 17.8 Å². The molecule has 1 unspecified atom stereocenters. The molecule has 210 valence electrons. The van der Waals surface area contributed by atoms with Crippen LogP contribution < -0.4 is 15.6 Å². The summed E-state index contributed by atoms with van der Waals surface area (Å²) in [5, 5.41) is 3.02. The Morgan fingerprint density at radius 1 is 1.02 bits per heavy atom. The largest absolute Gasteiger partial charge is 0.494 e. The highest BCUT2D eigenvalue weighted by atomic mass is 16.5. The van der Waals surface area contributed by atoms with Gasteiger partial charge in [0.15, 0.2) is 0 Å². The Hall–Kier alpha value is -4.65. The Kier molecular flexibility index (Phi) is 8.34. The highest BCUT2D eigenvalue weighted by Crippen LogP contribution is 2.30. The van der Waals surface area contributed by atoms with Gasteiger partial charge < -0.3 is 15.0 Å². The second kappa shape index (κ2) is 12.3. The monoisotopic (exact) mass is 548 g/mol. The molecule has 1 atom stereocenters. The Morgan fingerprint density at radius 2 is 1.78 bits per heavy atom. The Bertz CT molecular complexity index is 1720. The van der Waals surface area contributed by atoms with Crippen LogP contribution in [0.5, 0.6) is 5.75 Å². The van der Waals surface area contributed by atoms with Crippen LogP contribution in [-0.4, -0.2) is 26.9 Å². The molecule has 0 aliphatic heterocycles. The van der Waals surface area contributed by atoms with E-state index in [0.717, 1.165) is 51.3 Å². The first kappa shape index (κ1) is 27.9. The fourth-order valence-electron chi connectivity index (χ4n) is 5.15. The van der Waals surface area contributed by atoms with E-state index in [9.17, 15) is 9.59 Å². The molecule has 0 spiro atoms. The van der Waals surface area contributed by atoms with Crippen molar-refractivity contribution in [2.24, 2.45) is 0 Å². The van der Waals surface area contributed by atoms with Gasteiger partial charge in [-0.25, -0.2) is 4.98 Å². The first-order valence-electron chi connectivity index (χ1n) is 14.2. The number of aromatic nitrogens is 3. The number of aromatic amines is 1. The number of rotatable bonds is 10. The Morgan fingerprint density at radius 3 is 2.49 bits per heavy atom. The predicted molar refractivity (Wildman–Crippen MR) is 163 cm³/mol. The molecule has 2 N–H and O–H groups in total. The number of ether oxygens (including phenoxy) is 1. The van der Waals surface area contributed by atoms with Crippen LogP contribution in [0.4, 0.5) is 0 Å². The maximum Gasteiger partial charge on any atom is 0.268 e. The summed E-state index contributed by atoms with van der Waals surface area (Å²) in [5.41, 5.74) is 7.35. The maximum absolute atomic E-state index is 13.8. The summed E-state index contributed by atoms with van der Waals surface area (Å²) < 4.78 is 7.46. The van der Waals surface area contributed by atoms with Crippen molar-refractivity contribution in [3.63, 3.8) is 0 Å². The minimum atomic E-state index is -0.276. The summed E-state index contributed by atoms with van der Waals surface area (Å²) in [7, 11) is 0. The van der Waals surface area contributed by atoms with Gasteiger partial charge in [-0.1, -0.05) is 56.3 Å². The van der Waals surface area contributed by atoms with Crippen LogP contribution in [0.1, 0.15) is 71.7 Å². The molecule has 5 rings (SSSR count). The van der Waals surface area contributed by atoms with Crippen LogP contribution in [-0.2, 0) is 13.0 Å². The number of amides is 1. The van der Waals surface area contributed by atoms with E-state index in [1.165, 1.54) is 0 Å². The van der Waals surface area contributed by atoms with Crippen molar-refractivity contribution >= 4 is 11.4 Å². The topological polar surface area (TPSA) is 88.5 Å². The number of pyridine rings is 2. The molecular weight excluding hydrogens is 512 g/mol. The minimum absolute atomic E-state index is 0.109. The summed E-state index contributed by atoms with van der Waals surface area (Å²) in [6, 6.07) is 23.8.